The van der Waals surface area contributed by atoms with Gasteiger partial charge in [0.25, 0.3) is 0 Å². The summed E-state index contributed by atoms with van der Waals surface area (Å²) in [6, 6.07) is 24.5. The van der Waals surface area contributed by atoms with Crippen LogP contribution in [-0.4, -0.2) is 15.0 Å². The van der Waals surface area contributed by atoms with Gasteiger partial charge in [0.2, 0.25) is 0 Å². The molecule has 3 nitrogen and oxygen atoms in total. The molecule has 4 aromatic rings. The molecular weight excluding hydrogens is 337 g/mol. The predicted octanol–water partition coefficient (Wildman–Crippen LogP) is 5.57. The minimum absolute atomic E-state index is 0.238. The lowest BCUT2D eigenvalue weighted by atomic mass is 10.0. The van der Waals surface area contributed by atoms with E-state index in [2.05, 4.69) is 15.0 Å². The van der Waals surface area contributed by atoms with Crippen LogP contribution in [0.3, 0.4) is 0 Å². The molecule has 0 atom stereocenters. The average molecular weight is 355 g/mol. The van der Waals surface area contributed by atoms with Gasteiger partial charge in [0.1, 0.15) is 5.82 Å². The van der Waals surface area contributed by atoms with Crippen LogP contribution in [0.25, 0.3) is 34.2 Å². The van der Waals surface area contributed by atoms with Gasteiger partial charge in [0.15, 0.2) is 17.5 Å². The van der Waals surface area contributed by atoms with Crippen LogP contribution in [0.15, 0.2) is 78.9 Å². The summed E-state index contributed by atoms with van der Waals surface area (Å²) in [6.07, 6.45) is 0.565. The van der Waals surface area contributed by atoms with Gasteiger partial charge in [-0.1, -0.05) is 79.7 Å². The minimum Gasteiger partial charge on any atom is -0.208 e. The fourth-order valence-corrected chi connectivity index (χ4v) is 3.06. The molecule has 0 aliphatic rings. The van der Waals surface area contributed by atoms with Crippen molar-refractivity contribution in [2.75, 3.05) is 0 Å². The van der Waals surface area contributed by atoms with Crippen molar-refractivity contribution >= 4 is 0 Å². The van der Waals surface area contributed by atoms with Crippen LogP contribution < -0.4 is 0 Å². The number of benzene rings is 3. The van der Waals surface area contributed by atoms with Crippen molar-refractivity contribution in [3.8, 4) is 34.2 Å². The van der Waals surface area contributed by atoms with E-state index in [1.54, 1.807) is 6.07 Å². The predicted molar refractivity (Wildman–Crippen MR) is 105 cm³/mol. The molecule has 1 aromatic heterocycles. The maximum absolute atomic E-state index is 14.3. The van der Waals surface area contributed by atoms with Crippen molar-refractivity contribution in [2.24, 2.45) is 0 Å². The van der Waals surface area contributed by atoms with E-state index in [9.17, 15) is 4.39 Å². The first-order chi connectivity index (χ1) is 13.3. The summed E-state index contributed by atoms with van der Waals surface area (Å²) in [7, 11) is 0. The highest BCUT2D eigenvalue weighted by atomic mass is 19.1. The van der Waals surface area contributed by atoms with Crippen LogP contribution in [0.2, 0.25) is 0 Å². The SMILES string of the molecule is CCc1c(F)cccc1-c1nc(-c2ccccc2)nc(-c2ccccc2)n1. The smallest absolute Gasteiger partial charge is 0.164 e. The summed E-state index contributed by atoms with van der Waals surface area (Å²) in [4.78, 5) is 14.0. The molecule has 0 N–H and O–H groups in total. The Kier molecular flexibility index (Phi) is 4.71. The Hall–Kier alpha value is -3.40. The number of halogens is 1. The van der Waals surface area contributed by atoms with Gasteiger partial charge >= 0.3 is 0 Å². The molecule has 4 heteroatoms. The summed E-state index contributed by atoms with van der Waals surface area (Å²) >= 11 is 0. The van der Waals surface area contributed by atoms with E-state index in [-0.39, 0.29) is 5.82 Å². The van der Waals surface area contributed by atoms with Gasteiger partial charge in [-0.15, -0.1) is 0 Å². The Morgan fingerprint density at radius 3 is 1.67 bits per heavy atom. The van der Waals surface area contributed by atoms with Crippen LogP contribution in [0.1, 0.15) is 12.5 Å². The molecule has 0 bridgehead atoms. The lowest BCUT2D eigenvalue weighted by Gasteiger charge is -2.11. The van der Waals surface area contributed by atoms with Gasteiger partial charge in [-0.25, -0.2) is 19.3 Å². The van der Waals surface area contributed by atoms with E-state index in [4.69, 9.17) is 0 Å². The molecule has 0 saturated heterocycles. The van der Waals surface area contributed by atoms with Crippen LogP contribution in [0, 0.1) is 5.82 Å². The standard InChI is InChI=1S/C23H18FN3/c1-2-18-19(14-9-15-20(18)24)23-26-21(16-10-5-3-6-11-16)25-22(27-23)17-12-7-4-8-13-17/h3-15H,2H2,1H3. The van der Waals surface area contributed by atoms with E-state index in [0.717, 1.165) is 11.1 Å². The van der Waals surface area contributed by atoms with Crippen molar-refractivity contribution in [3.63, 3.8) is 0 Å². The molecule has 0 fully saturated rings. The van der Waals surface area contributed by atoms with Crippen molar-refractivity contribution in [3.05, 3.63) is 90.2 Å². The van der Waals surface area contributed by atoms with Gasteiger partial charge in [0.05, 0.1) is 0 Å². The van der Waals surface area contributed by atoms with E-state index in [1.807, 2.05) is 73.7 Å². The normalized spacial score (nSPS) is 10.7. The van der Waals surface area contributed by atoms with Gasteiger partial charge < -0.3 is 0 Å². The van der Waals surface area contributed by atoms with E-state index in [1.165, 1.54) is 6.07 Å². The molecular formula is C23H18FN3. The zero-order valence-corrected chi connectivity index (χ0v) is 14.9. The molecule has 0 aliphatic carbocycles. The maximum atomic E-state index is 14.3. The quantitative estimate of drug-likeness (QED) is 0.480. The number of hydrogen-bond donors (Lipinski definition) is 0. The van der Waals surface area contributed by atoms with Gasteiger partial charge in [-0.3, -0.25) is 0 Å². The van der Waals surface area contributed by atoms with Gasteiger partial charge in [-0.05, 0) is 18.1 Å². The van der Waals surface area contributed by atoms with Crippen molar-refractivity contribution in [1.82, 2.24) is 15.0 Å². The molecule has 0 unspecified atom stereocenters. The molecule has 132 valence electrons. The highest BCUT2D eigenvalue weighted by molar-refractivity contribution is 5.68. The van der Waals surface area contributed by atoms with E-state index < -0.39 is 0 Å². The highest BCUT2D eigenvalue weighted by Gasteiger charge is 2.15. The zero-order valence-electron chi connectivity index (χ0n) is 14.9. The summed E-state index contributed by atoms with van der Waals surface area (Å²) in [5.74, 6) is 1.40. The zero-order chi connectivity index (χ0) is 18.6. The van der Waals surface area contributed by atoms with Crippen LogP contribution in [-0.2, 0) is 6.42 Å². The van der Waals surface area contributed by atoms with Crippen LogP contribution >= 0.6 is 0 Å². The Labute approximate surface area is 157 Å². The molecule has 1 heterocycles. The number of rotatable bonds is 4. The molecule has 27 heavy (non-hydrogen) atoms. The monoisotopic (exact) mass is 355 g/mol. The maximum Gasteiger partial charge on any atom is 0.164 e. The number of nitrogens with zero attached hydrogens (tertiary/aromatic N) is 3. The molecule has 0 amide bonds. The molecule has 0 saturated carbocycles. The van der Waals surface area contributed by atoms with Crippen molar-refractivity contribution in [1.29, 1.82) is 0 Å². The second kappa shape index (κ2) is 7.46. The second-order valence-electron chi connectivity index (χ2n) is 6.16. The Balaban J connectivity index is 1.96. The first kappa shape index (κ1) is 17.0. The van der Waals surface area contributed by atoms with Crippen LogP contribution in [0.4, 0.5) is 4.39 Å². The third kappa shape index (κ3) is 3.47. The summed E-state index contributed by atoms with van der Waals surface area (Å²) in [6.45, 7) is 1.93. The molecule has 0 spiro atoms. The average Bonchev–Trinajstić information content (AvgIpc) is 2.74. The lowest BCUT2D eigenvalue weighted by molar-refractivity contribution is 0.612. The van der Waals surface area contributed by atoms with E-state index >= 15 is 0 Å². The number of hydrogen-bond acceptors (Lipinski definition) is 3. The molecule has 4 rings (SSSR count). The largest absolute Gasteiger partial charge is 0.208 e. The van der Waals surface area contributed by atoms with E-state index in [0.29, 0.717) is 35.0 Å². The highest BCUT2D eigenvalue weighted by Crippen LogP contribution is 2.27. The second-order valence-corrected chi connectivity index (χ2v) is 6.16. The Bertz CT molecular complexity index is 1010. The van der Waals surface area contributed by atoms with Crippen molar-refractivity contribution < 1.29 is 4.39 Å². The fraction of sp³-hybridized carbons (Fsp3) is 0.0870. The third-order valence-electron chi connectivity index (χ3n) is 4.41. The Morgan fingerprint density at radius 1 is 0.630 bits per heavy atom. The molecule has 0 radical (unpaired) electrons. The van der Waals surface area contributed by atoms with Gasteiger partial charge in [0, 0.05) is 16.7 Å². The minimum atomic E-state index is -0.238. The van der Waals surface area contributed by atoms with Gasteiger partial charge in [-0.2, -0.15) is 0 Å². The topological polar surface area (TPSA) is 38.7 Å². The summed E-state index contributed by atoms with van der Waals surface area (Å²) < 4.78 is 14.3. The summed E-state index contributed by atoms with van der Waals surface area (Å²) in [5.41, 5.74) is 3.11. The fourth-order valence-electron chi connectivity index (χ4n) is 3.06. The Morgan fingerprint density at radius 2 is 1.15 bits per heavy atom. The molecule has 0 aliphatic heterocycles. The summed E-state index contributed by atoms with van der Waals surface area (Å²) in [5, 5.41) is 0. The number of aromatic nitrogens is 3. The van der Waals surface area contributed by atoms with Crippen molar-refractivity contribution in [2.45, 2.75) is 13.3 Å². The molecule has 3 aromatic carbocycles. The first-order valence-electron chi connectivity index (χ1n) is 8.91. The third-order valence-corrected chi connectivity index (χ3v) is 4.41. The van der Waals surface area contributed by atoms with Crippen LogP contribution in [0.5, 0.6) is 0 Å². The lowest BCUT2D eigenvalue weighted by Crippen LogP contribution is -2.02. The first-order valence-corrected chi connectivity index (χ1v) is 8.91.